The maximum Gasteiger partial charge on any atom is 0.231 e. The Bertz CT molecular complexity index is 439. The summed E-state index contributed by atoms with van der Waals surface area (Å²) < 4.78 is 10.7. The third kappa shape index (κ3) is 2.31. The van der Waals surface area contributed by atoms with Crippen LogP contribution in [0.1, 0.15) is 18.4 Å². The molecule has 0 atom stereocenters. The molecule has 1 aromatic rings. The fraction of sp³-hybridized carbons (Fsp3) is 0.571. The van der Waals surface area contributed by atoms with Gasteiger partial charge in [0.25, 0.3) is 0 Å². The zero-order valence-corrected chi connectivity index (χ0v) is 10.8. The normalized spacial score (nSPS) is 22.1. The number of hydrogen-bond donors (Lipinski definition) is 1. The lowest BCUT2D eigenvalue weighted by molar-refractivity contribution is 0.174. The smallest absolute Gasteiger partial charge is 0.231 e. The molecule has 2 N–H and O–H groups in total. The van der Waals surface area contributed by atoms with Gasteiger partial charge in [-0.3, -0.25) is 0 Å². The number of fused-ring (bicyclic) bond motifs is 1. The molecule has 1 aromatic carbocycles. The van der Waals surface area contributed by atoms with Crippen LogP contribution in [-0.2, 0) is 6.42 Å². The number of rotatable bonds is 2. The molecule has 0 amide bonds. The van der Waals surface area contributed by atoms with Crippen molar-refractivity contribution in [3.63, 3.8) is 0 Å². The van der Waals surface area contributed by atoms with Crippen molar-refractivity contribution >= 4 is 0 Å². The Morgan fingerprint density at radius 3 is 2.72 bits per heavy atom. The van der Waals surface area contributed by atoms with Gasteiger partial charge >= 0.3 is 0 Å². The lowest BCUT2D eigenvalue weighted by Gasteiger charge is -2.37. The molecule has 0 unspecified atom stereocenters. The van der Waals surface area contributed by atoms with Crippen LogP contribution in [-0.4, -0.2) is 37.4 Å². The van der Waals surface area contributed by atoms with Crippen LogP contribution in [0, 0.1) is 0 Å². The van der Waals surface area contributed by atoms with Crippen molar-refractivity contribution < 1.29 is 9.47 Å². The number of ether oxygens (including phenoxy) is 2. The van der Waals surface area contributed by atoms with Crippen LogP contribution in [0.15, 0.2) is 18.2 Å². The summed E-state index contributed by atoms with van der Waals surface area (Å²) in [4.78, 5) is 2.34. The van der Waals surface area contributed by atoms with E-state index in [-0.39, 0.29) is 5.54 Å². The van der Waals surface area contributed by atoms with Crippen LogP contribution in [0.3, 0.4) is 0 Å². The first-order chi connectivity index (χ1) is 8.65. The van der Waals surface area contributed by atoms with Crippen molar-refractivity contribution in [3.05, 3.63) is 23.8 Å². The summed E-state index contributed by atoms with van der Waals surface area (Å²) in [5.74, 6) is 1.69. The Hall–Kier alpha value is -1.26. The molecule has 0 radical (unpaired) electrons. The van der Waals surface area contributed by atoms with E-state index in [0.717, 1.165) is 43.9 Å². The van der Waals surface area contributed by atoms with Gasteiger partial charge in [-0.05, 0) is 57.1 Å². The number of nitrogens with zero attached hydrogens (tertiary/aromatic N) is 1. The average molecular weight is 248 g/mol. The summed E-state index contributed by atoms with van der Waals surface area (Å²) in [7, 11) is 2.15. The van der Waals surface area contributed by atoms with Crippen LogP contribution in [0.4, 0.5) is 0 Å². The lowest BCUT2D eigenvalue weighted by Crippen LogP contribution is -2.50. The van der Waals surface area contributed by atoms with E-state index >= 15 is 0 Å². The molecule has 2 aliphatic rings. The highest BCUT2D eigenvalue weighted by atomic mass is 16.7. The first-order valence-electron chi connectivity index (χ1n) is 6.51. The molecule has 18 heavy (non-hydrogen) atoms. The van der Waals surface area contributed by atoms with Crippen molar-refractivity contribution in [1.82, 2.24) is 4.90 Å². The molecule has 2 aliphatic heterocycles. The molecule has 0 spiro atoms. The minimum absolute atomic E-state index is 0.0692. The van der Waals surface area contributed by atoms with Crippen LogP contribution in [0.2, 0.25) is 0 Å². The van der Waals surface area contributed by atoms with Gasteiger partial charge in [-0.2, -0.15) is 0 Å². The molecule has 4 nitrogen and oxygen atoms in total. The second-order valence-electron chi connectivity index (χ2n) is 5.53. The van der Waals surface area contributed by atoms with E-state index < -0.39 is 0 Å². The molecule has 1 fully saturated rings. The highest BCUT2D eigenvalue weighted by molar-refractivity contribution is 5.44. The molecule has 0 aliphatic carbocycles. The van der Waals surface area contributed by atoms with Crippen LogP contribution >= 0.6 is 0 Å². The Morgan fingerprint density at radius 1 is 1.22 bits per heavy atom. The van der Waals surface area contributed by atoms with E-state index in [4.69, 9.17) is 15.2 Å². The van der Waals surface area contributed by atoms with Crippen LogP contribution in [0.5, 0.6) is 11.5 Å². The zero-order chi connectivity index (χ0) is 12.6. The van der Waals surface area contributed by atoms with Gasteiger partial charge in [0.2, 0.25) is 6.79 Å². The number of nitrogens with two attached hydrogens (primary N) is 1. The Kier molecular flexibility index (Phi) is 2.92. The first kappa shape index (κ1) is 11.8. The highest BCUT2D eigenvalue weighted by Crippen LogP contribution is 2.34. The van der Waals surface area contributed by atoms with E-state index in [9.17, 15) is 0 Å². The summed E-state index contributed by atoms with van der Waals surface area (Å²) in [6.45, 7) is 2.50. The van der Waals surface area contributed by atoms with Gasteiger partial charge in [0, 0.05) is 5.54 Å². The van der Waals surface area contributed by atoms with Crippen molar-refractivity contribution in [2.45, 2.75) is 24.8 Å². The Morgan fingerprint density at radius 2 is 1.94 bits per heavy atom. The Labute approximate surface area is 108 Å². The monoisotopic (exact) mass is 248 g/mol. The minimum Gasteiger partial charge on any atom is -0.454 e. The molecular weight excluding hydrogens is 228 g/mol. The van der Waals surface area contributed by atoms with Gasteiger partial charge < -0.3 is 20.1 Å². The van der Waals surface area contributed by atoms with E-state index in [1.807, 2.05) is 6.07 Å². The standard InChI is InChI=1S/C14H20N2O2/c1-16-6-4-14(15,5-7-16)9-11-2-3-12-13(8-11)18-10-17-12/h2-3,8H,4-7,9-10,15H2,1H3. The molecule has 98 valence electrons. The second kappa shape index (κ2) is 4.44. The SMILES string of the molecule is CN1CCC(N)(Cc2ccc3c(c2)OCO3)CC1. The molecule has 3 rings (SSSR count). The van der Waals surface area contributed by atoms with Crippen molar-refractivity contribution in [1.29, 1.82) is 0 Å². The van der Waals surface area contributed by atoms with E-state index in [0.29, 0.717) is 6.79 Å². The largest absolute Gasteiger partial charge is 0.454 e. The van der Waals surface area contributed by atoms with E-state index in [1.54, 1.807) is 0 Å². The molecular formula is C14H20N2O2. The number of benzene rings is 1. The summed E-state index contributed by atoms with van der Waals surface area (Å²) in [6.07, 6.45) is 3.02. The summed E-state index contributed by atoms with van der Waals surface area (Å²) in [5, 5.41) is 0. The zero-order valence-electron chi connectivity index (χ0n) is 10.8. The van der Waals surface area contributed by atoms with Crippen molar-refractivity contribution in [3.8, 4) is 11.5 Å². The molecule has 0 aromatic heterocycles. The van der Waals surface area contributed by atoms with Gasteiger partial charge in [-0.25, -0.2) is 0 Å². The van der Waals surface area contributed by atoms with Gasteiger partial charge in [-0.15, -0.1) is 0 Å². The van der Waals surface area contributed by atoms with Crippen LogP contribution < -0.4 is 15.2 Å². The quantitative estimate of drug-likeness (QED) is 0.859. The predicted octanol–water partition coefficient (Wildman–Crippen LogP) is 1.38. The highest BCUT2D eigenvalue weighted by Gasteiger charge is 2.30. The number of hydrogen-bond acceptors (Lipinski definition) is 4. The maximum atomic E-state index is 6.50. The van der Waals surface area contributed by atoms with Crippen molar-refractivity contribution in [2.24, 2.45) is 5.73 Å². The maximum absolute atomic E-state index is 6.50. The number of likely N-dealkylation sites (tertiary alicyclic amines) is 1. The second-order valence-corrected chi connectivity index (χ2v) is 5.53. The minimum atomic E-state index is -0.0692. The van der Waals surface area contributed by atoms with Crippen molar-refractivity contribution in [2.75, 3.05) is 26.9 Å². The summed E-state index contributed by atoms with van der Waals surface area (Å²) >= 11 is 0. The molecule has 2 heterocycles. The topological polar surface area (TPSA) is 47.7 Å². The molecule has 4 heteroatoms. The Balaban J connectivity index is 1.72. The van der Waals surface area contributed by atoms with Gasteiger partial charge in [0.05, 0.1) is 0 Å². The third-order valence-corrected chi connectivity index (χ3v) is 3.98. The fourth-order valence-electron chi connectivity index (χ4n) is 2.70. The van der Waals surface area contributed by atoms with Gasteiger partial charge in [-0.1, -0.05) is 6.07 Å². The van der Waals surface area contributed by atoms with E-state index in [2.05, 4.69) is 24.1 Å². The van der Waals surface area contributed by atoms with Gasteiger partial charge in [0.15, 0.2) is 11.5 Å². The molecule has 0 bridgehead atoms. The molecule has 0 saturated carbocycles. The number of piperidine rings is 1. The van der Waals surface area contributed by atoms with E-state index in [1.165, 1.54) is 5.56 Å². The summed E-state index contributed by atoms with van der Waals surface area (Å²) in [5.41, 5.74) is 7.67. The summed E-state index contributed by atoms with van der Waals surface area (Å²) in [6, 6.07) is 6.14. The third-order valence-electron chi connectivity index (χ3n) is 3.98. The average Bonchev–Trinajstić information content (AvgIpc) is 2.81. The molecule has 1 saturated heterocycles. The van der Waals surface area contributed by atoms with Gasteiger partial charge in [0.1, 0.15) is 0 Å². The fourth-order valence-corrected chi connectivity index (χ4v) is 2.70. The lowest BCUT2D eigenvalue weighted by atomic mass is 9.83. The predicted molar refractivity (Wildman–Crippen MR) is 69.9 cm³/mol. The first-order valence-corrected chi connectivity index (χ1v) is 6.51. The van der Waals surface area contributed by atoms with Crippen LogP contribution in [0.25, 0.3) is 0 Å².